The van der Waals surface area contributed by atoms with Gasteiger partial charge in [0.1, 0.15) is 30.2 Å². The van der Waals surface area contributed by atoms with E-state index in [-0.39, 0.29) is 5.75 Å². The van der Waals surface area contributed by atoms with Gasteiger partial charge in [0, 0.05) is 5.75 Å². The summed E-state index contributed by atoms with van der Waals surface area (Å²) in [4.78, 5) is 97.1. The highest BCUT2D eigenvalue weighted by molar-refractivity contribution is 7.80. The summed E-state index contributed by atoms with van der Waals surface area (Å²) in [5.74, 6) is -8.58. The first-order valence-electron chi connectivity index (χ1n) is 13.6. The average Bonchev–Trinajstić information content (AvgIpc) is 2.99. The number of carboxylic acids is 1. The van der Waals surface area contributed by atoms with E-state index >= 15 is 0 Å². The van der Waals surface area contributed by atoms with E-state index in [1.807, 2.05) is 10.6 Å². The molecule has 0 heterocycles. The number of hydrogen-bond acceptors (Lipinski definition) is 14. The van der Waals surface area contributed by atoms with Gasteiger partial charge in [0.2, 0.25) is 41.4 Å². The van der Waals surface area contributed by atoms with E-state index in [0.29, 0.717) is 0 Å². The van der Waals surface area contributed by atoms with Crippen LogP contribution in [0.3, 0.4) is 0 Å². The molecule has 0 saturated heterocycles. The van der Waals surface area contributed by atoms with Gasteiger partial charge < -0.3 is 68.5 Å². The smallest absolute Gasteiger partial charge is 0.328 e. The first-order chi connectivity index (χ1) is 21.4. The molecule has 0 spiro atoms. The van der Waals surface area contributed by atoms with Gasteiger partial charge in [-0.05, 0) is 20.8 Å². The first-order valence-corrected chi connectivity index (χ1v) is 14.3. The Kier molecular flexibility index (Phi) is 19.0. The third-order valence-corrected chi connectivity index (χ3v) is 6.22. The summed E-state index contributed by atoms with van der Waals surface area (Å²) in [6.45, 7) is 0.0900. The predicted molar refractivity (Wildman–Crippen MR) is 158 cm³/mol. The van der Waals surface area contributed by atoms with Gasteiger partial charge in [-0.3, -0.25) is 33.6 Å². The fraction of sp³-hybridized carbons (Fsp3) is 0.667. The van der Waals surface area contributed by atoms with Crippen molar-refractivity contribution >= 4 is 59.9 Å². The number of rotatable bonds is 20. The topological polar surface area (TPSA) is 348 Å². The Balaban J connectivity index is 5.16. The highest BCUT2D eigenvalue weighted by Gasteiger charge is 2.32. The SMILES string of the molecule is CC(N)C(=O)NC(CS)C(=O)NCC(=O)NC(C(=O)NCC(=O)NC(C(=O)NC(CO)C(=O)NC(CO)C(=O)O)C(C)O)C(C)O. The number of nitrogens with two attached hydrogens (primary N) is 1. The third-order valence-electron chi connectivity index (χ3n) is 5.85. The van der Waals surface area contributed by atoms with Crippen molar-refractivity contribution in [3.05, 3.63) is 0 Å². The quantitative estimate of drug-likeness (QED) is 0.0531. The largest absolute Gasteiger partial charge is 0.480 e. The van der Waals surface area contributed by atoms with Gasteiger partial charge in [-0.15, -0.1) is 0 Å². The van der Waals surface area contributed by atoms with Crippen LogP contribution in [0.15, 0.2) is 0 Å². The maximum Gasteiger partial charge on any atom is 0.328 e. The molecule has 0 aliphatic carbocycles. The van der Waals surface area contributed by atoms with Crippen molar-refractivity contribution in [2.75, 3.05) is 32.1 Å². The molecule has 0 saturated carbocycles. The van der Waals surface area contributed by atoms with Crippen LogP contribution in [-0.4, -0.2) is 153 Å². The van der Waals surface area contributed by atoms with E-state index < -0.39 is 122 Å². The molecule has 0 rings (SSSR count). The molecule has 0 aromatic rings. The molecular weight excluding hydrogens is 640 g/mol. The van der Waals surface area contributed by atoms with Gasteiger partial charge >= 0.3 is 5.97 Å². The zero-order chi connectivity index (χ0) is 35.7. The van der Waals surface area contributed by atoms with Gasteiger partial charge in [0.25, 0.3) is 0 Å². The number of nitrogens with one attached hydrogen (secondary N) is 7. The molecule has 0 aliphatic rings. The molecule has 21 nitrogen and oxygen atoms in total. The van der Waals surface area contributed by atoms with Crippen molar-refractivity contribution in [2.45, 2.75) is 69.2 Å². The summed E-state index contributed by atoms with van der Waals surface area (Å²) in [6, 6.07) is -8.88. The molecule has 14 N–H and O–H groups in total. The van der Waals surface area contributed by atoms with E-state index in [2.05, 4.69) is 39.2 Å². The zero-order valence-corrected chi connectivity index (χ0v) is 26.1. The summed E-state index contributed by atoms with van der Waals surface area (Å²) in [7, 11) is 0. The van der Waals surface area contributed by atoms with E-state index in [9.17, 15) is 53.7 Å². The van der Waals surface area contributed by atoms with Crippen molar-refractivity contribution < 1.29 is 63.9 Å². The van der Waals surface area contributed by atoms with Crippen LogP contribution in [0.5, 0.6) is 0 Å². The van der Waals surface area contributed by atoms with Gasteiger partial charge in [-0.1, -0.05) is 0 Å². The van der Waals surface area contributed by atoms with Crippen molar-refractivity contribution in [3.8, 4) is 0 Å². The van der Waals surface area contributed by atoms with Crippen LogP contribution in [0.4, 0.5) is 0 Å². The number of aliphatic carboxylic acids is 1. The van der Waals surface area contributed by atoms with Crippen LogP contribution >= 0.6 is 12.6 Å². The minimum atomic E-state index is -1.74. The van der Waals surface area contributed by atoms with Crippen LogP contribution in [0.1, 0.15) is 20.8 Å². The van der Waals surface area contributed by atoms with E-state index in [4.69, 9.17) is 15.9 Å². The summed E-state index contributed by atoms with van der Waals surface area (Å²) in [5, 5.41) is 62.1. The number of thiol groups is 1. The second kappa shape index (κ2) is 20.8. The van der Waals surface area contributed by atoms with Crippen LogP contribution < -0.4 is 43.0 Å². The van der Waals surface area contributed by atoms with E-state index in [1.54, 1.807) is 0 Å². The fourth-order valence-electron chi connectivity index (χ4n) is 3.24. The molecule has 0 aromatic heterocycles. The molecule has 262 valence electrons. The number of aliphatic hydroxyl groups excluding tert-OH is 4. The van der Waals surface area contributed by atoms with Crippen molar-refractivity contribution in [1.29, 1.82) is 0 Å². The monoisotopic (exact) mass is 682 g/mol. The summed E-state index contributed by atoms with van der Waals surface area (Å²) >= 11 is 3.96. The third kappa shape index (κ3) is 14.8. The second-order valence-corrected chi connectivity index (χ2v) is 10.2. The van der Waals surface area contributed by atoms with Gasteiger partial charge in [-0.2, -0.15) is 12.6 Å². The lowest BCUT2D eigenvalue weighted by Gasteiger charge is -2.25. The Hall–Kier alpha value is -4.09. The number of carbonyl (C=O) groups is 8. The second-order valence-electron chi connectivity index (χ2n) is 9.87. The first kappa shape index (κ1) is 41.9. The maximum absolute atomic E-state index is 12.6. The number of hydrogen-bond donors (Lipinski definition) is 14. The fourth-order valence-corrected chi connectivity index (χ4v) is 3.50. The molecule has 0 radical (unpaired) electrons. The van der Waals surface area contributed by atoms with Crippen molar-refractivity contribution in [3.63, 3.8) is 0 Å². The zero-order valence-electron chi connectivity index (χ0n) is 25.2. The Labute approximate surface area is 268 Å². The van der Waals surface area contributed by atoms with Crippen molar-refractivity contribution in [2.24, 2.45) is 5.73 Å². The molecule has 0 aliphatic heterocycles. The number of amides is 7. The molecule has 22 heteroatoms. The summed E-state index contributed by atoms with van der Waals surface area (Å²) < 4.78 is 0. The van der Waals surface area contributed by atoms with E-state index in [1.165, 1.54) is 6.92 Å². The minimum absolute atomic E-state index is 0.126. The van der Waals surface area contributed by atoms with Gasteiger partial charge in [0.05, 0.1) is 44.6 Å². The van der Waals surface area contributed by atoms with Crippen LogP contribution in [0.25, 0.3) is 0 Å². The van der Waals surface area contributed by atoms with Crippen LogP contribution in [0.2, 0.25) is 0 Å². The Morgan fingerprint density at radius 3 is 1.41 bits per heavy atom. The highest BCUT2D eigenvalue weighted by Crippen LogP contribution is 1.98. The Morgan fingerprint density at radius 1 is 0.609 bits per heavy atom. The molecule has 8 unspecified atom stereocenters. The number of carbonyl (C=O) groups excluding carboxylic acids is 7. The van der Waals surface area contributed by atoms with Crippen molar-refractivity contribution in [1.82, 2.24) is 37.2 Å². The van der Waals surface area contributed by atoms with Crippen LogP contribution in [0, 0.1) is 0 Å². The lowest BCUT2D eigenvalue weighted by atomic mass is 10.1. The summed E-state index contributed by atoms with van der Waals surface area (Å²) in [6.07, 6.45) is -3.08. The van der Waals surface area contributed by atoms with Gasteiger partial charge in [-0.25, -0.2) is 4.79 Å². The lowest BCUT2D eigenvalue weighted by Crippen LogP contribution is -2.60. The number of carboxylic acid groups (broad SMARTS) is 1. The molecule has 8 atom stereocenters. The molecule has 0 bridgehead atoms. The Morgan fingerprint density at radius 2 is 1.02 bits per heavy atom. The highest BCUT2D eigenvalue weighted by atomic mass is 32.1. The molecule has 0 aromatic carbocycles. The molecule has 0 fully saturated rings. The molecule has 7 amide bonds. The van der Waals surface area contributed by atoms with Gasteiger partial charge in [0.15, 0.2) is 0 Å². The average molecular weight is 683 g/mol. The lowest BCUT2D eigenvalue weighted by molar-refractivity contribution is -0.143. The number of aliphatic hydroxyl groups is 4. The minimum Gasteiger partial charge on any atom is -0.480 e. The maximum atomic E-state index is 12.6. The molecule has 46 heavy (non-hydrogen) atoms. The van der Waals surface area contributed by atoms with Crippen LogP contribution in [-0.2, 0) is 38.4 Å². The Bertz CT molecular complexity index is 1110. The normalized spacial score (nSPS) is 16.0. The van der Waals surface area contributed by atoms with E-state index in [0.717, 1.165) is 13.8 Å². The predicted octanol–water partition coefficient (Wildman–Crippen LogP) is -8.25. The summed E-state index contributed by atoms with van der Waals surface area (Å²) in [5.41, 5.74) is 5.43. The standard InChI is InChI=1S/C24H42N8O13S/c1-9(25)19(39)30-14(8-46)20(40)26-4-15(37)31-17(10(2)35)22(42)27-5-16(38)32-18(11(3)36)23(43)28-12(6-33)21(41)29-13(7-34)24(44)45/h9-14,17-18,33-36,46H,4-8,25H2,1-3H3,(H,26,40)(H,27,42)(H,28,43)(H,29,41)(H,30,39)(H,31,37)(H,32,38)(H,44,45). The molecular formula is C24H42N8O13S.